The summed E-state index contributed by atoms with van der Waals surface area (Å²) in [6.45, 7) is 0. The number of hydrogen-bond donors (Lipinski definition) is 2. The van der Waals surface area contributed by atoms with Crippen molar-refractivity contribution in [2.24, 2.45) is 7.05 Å². The van der Waals surface area contributed by atoms with Gasteiger partial charge in [-0.2, -0.15) is 13.2 Å². The number of carbonyl (C=O) groups is 1. The molecule has 1 aliphatic carbocycles. The molecule has 1 atom stereocenters. The second-order valence-corrected chi connectivity index (χ2v) is 8.37. The summed E-state index contributed by atoms with van der Waals surface area (Å²) >= 11 is 1.78. The second-order valence-electron chi connectivity index (χ2n) is 6.99. The number of benzene rings is 1. The molecule has 1 amide bonds. The lowest BCUT2D eigenvalue weighted by atomic mass is 9.97. The van der Waals surface area contributed by atoms with Gasteiger partial charge in [0.25, 0.3) is 0 Å². The zero-order chi connectivity index (χ0) is 20.4. The number of carbonyl (C=O) groups excluding carboxylic acids is 1. The molecule has 152 valence electrons. The normalized spacial score (nSPS) is 17.5. The minimum Gasteiger partial charge on any atom is -0.374 e. The molecule has 28 heavy (non-hydrogen) atoms. The number of alkyl halides is 3. The van der Waals surface area contributed by atoms with Crippen molar-refractivity contribution < 1.29 is 23.1 Å². The fraction of sp³-hybridized carbons (Fsp3) is 0.474. The van der Waals surface area contributed by atoms with Crippen LogP contribution in [0, 0.1) is 0 Å². The van der Waals surface area contributed by atoms with Gasteiger partial charge in [-0.05, 0) is 37.1 Å². The number of aromatic nitrogens is 2. The molecule has 9 heteroatoms. The van der Waals surface area contributed by atoms with Crippen molar-refractivity contribution in [1.82, 2.24) is 9.55 Å². The van der Waals surface area contributed by atoms with E-state index in [1.807, 2.05) is 12.1 Å². The van der Waals surface area contributed by atoms with Crippen LogP contribution < -0.4 is 5.32 Å². The molecule has 0 aliphatic heterocycles. The van der Waals surface area contributed by atoms with E-state index in [1.54, 1.807) is 23.9 Å². The SMILES string of the molecule is Cn1ccnc1C(O)(CC(=O)Nc1ccc(SC2CCCC2)cc1)C(F)(F)F. The molecule has 5 nitrogen and oxygen atoms in total. The van der Waals surface area contributed by atoms with Gasteiger partial charge in [0.15, 0.2) is 5.82 Å². The predicted molar refractivity (Wildman–Crippen MR) is 101 cm³/mol. The Balaban J connectivity index is 1.67. The molecule has 0 saturated heterocycles. The Morgan fingerprint density at radius 1 is 1.29 bits per heavy atom. The van der Waals surface area contributed by atoms with Gasteiger partial charge in [0.05, 0.1) is 6.42 Å². The Hall–Kier alpha value is -2.00. The molecule has 1 aromatic carbocycles. The number of halogens is 3. The lowest BCUT2D eigenvalue weighted by Crippen LogP contribution is -2.46. The van der Waals surface area contributed by atoms with Crippen LogP contribution in [0.25, 0.3) is 0 Å². The summed E-state index contributed by atoms with van der Waals surface area (Å²) < 4.78 is 41.6. The van der Waals surface area contributed by atoms with Crippen LogP contribution in [0.2, 0.25) is 0 Å². The molecular formula is C19H22F3N3O2S. The Kier molecular flexibility index (Phi) is 6.04. The van der Waals surface area contributed by atoms with Crippen molar-refractivity contribution >= 4 is 23.4 Å². The van der Waals surface area contributed by atoms with Crippen molar-refractivity contribution in [3.8, 4) is 0 Å². The van der Waals surface area contributed by atoms with Gasteiger partial charge in [0.1, 0.15) is 0 Å². The molecule has 0 bridgehead atoms. The summed E-state index contributed by atoms with van der Waals surface area (Å²) in [6, 6.07) is 6.99. The van der Waals surface area contributed by atoms with Crippen LogP contribution in [0.3, 0.4) is 0 Å². The maximum Gasteiger partial charge on any atom is 0.425 e. The van der Waals surface area contributed by atoms with E-state index in [0.717, 1.165) is 15.7 Å². The largest absolute Gasteiger partial charge is 0.425 e. The fourth-order valence-electron chi connectivity index (χ4n) is 3.32. The highest BCUT2D eigenvalue weighted by atomic mass is 32.2. The highest BCUT2D eigenvalue weighted by Crippen LogP contribution is 2.41. The molecule has 2 N–H and O–H groups in total. The number of nitrogens with one attached hydrogen (secondary N) is 1. The maximum absolute atomic E-state index is 13.5. The van der Waals surface area contributed by atoms with Crippen LogP contribution in [0.5, 0.6) is 0 Å². The van der Waals surface area contributed by atoms with E-state index < -0.39 is 29.9 Å². The monoisotopic (exact) mass is 413 g/mol. The van der Waals surface area contributed by atoms with E-state index in [-0.39, 0.29) is 0 Å². The number of imidazole rings is 1. The summed E-state index contributed by atoms with van der Waals surface area (Å²) in [7, 11) is 1.33. The third-order valence-electron chi connectivity index (χ3n) is 4.82. The third kappa shape index (κ3) is 4.52. The first kappa shape index (κ1) is 20.7. The Bertz CT molecular complexity index is 817. The van der Waals surface area contributed by atoms with Crippen molar-refractivity contribution in [3.05, 3.63) is 42.5 Å². The van der Waals surface area contributed by atoms with Crippen molar-refractivity contribution in [1.29, 1.82) is 0 Å². The van der Waals surface area contributed by atoms with Gasteiger partial charge in [-0.25, -0.2) is 4.98 Å². The first-order valence-electron chi connectivity index (χ1n) is 9.02. The van der Waals surface area contributed by atoms with Crippen LogP contribution in [-0.4, -0.2) is 32.0 Å². The van der Waals surface area contributed by atoms with E-state index in [9.17, 15) is 23.1 Å². The minimum absolute atomic E-state index is 0.380. The molecule has 1 saturated carbocycles. The molecule has 3 rings (SSSR count). The topological polar surface area (TPSA) is 67.1 Å². The summed E-state index contributed by atoms with van der Waals surface area (Å²) in [5.41, 5.74) is -2.99. The first-order chi connectivity index (χ1) is 13.2. The highest BCUT2D eigenvalue weighted by Gasteiger charge is 2.58. The molecule has 1 fully saturated rings. The quantitative estimate of drug-likeness (QED) is 0.744. The van der Waals surface area contributed by atoms with Gasteiger partial charge in [-0.3, -0.25) is 4.79 Å². The van der Waals surface area contributed by atoms with Gasteiger partial charge in [-0.1, -0.05) is 12.8 Å². The standard InChI is InChI=1S/C19H22F3N3O2S/c1-25-11-10-23-17(25)18(27,19(20,21)22)12-16(26)24-13-6-8-15(9-7-13)28-14-4-2-3-5-14/h6-11,14,27H,2-5,12H2,1H3,(H,24,26). The molecule has 0 spiro atoms. The summed E-state index contributed by atoms with van der Waals surface area (Å²) in [5, 5.41) is 13.3. The predicted octanol–water partition coefficient (Wildman–Crippen LogP) is 4.23. The molecule has 1 aliphatic rings. The Morgan fingerprint density at radius 3 is 2.46 bits per heavy atom. The number of amides is 1. The third-order valence-corrected chi connectivity index (χ3v) is 6.17. The second kappa shape index (κ2) is 8.16. The summed E-state index contributed by atoms with van der Waals surface area (Å²) in [6.07, 6.45) is 1.05. The Morgan fingerprint density at radius 2 is 1.93 bits per heavy atom. The van der Waals surface area contributed by atoms with Crippen LogP contribution in [0.4, 0.5) is 18.9 Å². The number of thioether (sulfide) groups is 1. The van der Waals surface area contributed by atoms with Gasteiger partial charge >= 0.3 is 6.18 Å². The van der Waals surface area contributed by atoms with Crippen molar-refractivity contribution in [2.75, 3.05) is 5.32 Å². The number of rotatable bonds is 6. The van der Waals surface area contributed by atoms with Crippen LogP contribution >= 0.6 is 11.8 Å². The highest BCUT2D eigenvalue weighted by molar-refractivity contribution is 8.00. The number of hydrogen-bond acceptors (Lipinski definition) is 4. The number of anilines is 1. The maximum atomic E-state index is 13.5. The number of aliphatic hydroxyl groups is 1. The van der Waals surface area contributed by atoms with E-state index in [0.29, 0.717) is 10.9 Å². The van der Waals surface area contributed by atoms with Crippen LogP contribution in [-0.2, 0) is 17.4 Å². The first-order valence-corrected chi connectivity index (χ1v) is 9.90. The molecular weight excluding hydrogens is 391 g/mol. The van der Waals surface area contributed by atoms with Gasteiger partial charge in [-0.15, -0.1) is 11.8 Å². The number of nitrogens with zero attached hydrogens (tertiary/aromatic N) is 2. The molecule has 2 aromatic rings. The van der Waals surface area contributed by atoms with Crippen LogP contribution in [0.1, 0.15) is 37.9 Å². The van der Waals surface area contributed by atoms with Gasteiger partial charge < -0.3 is 15.0 Å². The number of aryl methyl sites for hydroxylation is 1. The average molecular weight is 413 g/mol. The lowest BCUT2D eigenvalue weighted by Gasteiger charge is -2.29. The molecule has 1 aromatic heterocycles. The zero-order valence-electron chi connectivity index (χ0n) is 15.4. The van der Waals surface area contributed by atoms with E-state index in [1.165, 1.54) is 38.9 Å². The van der Waals surface area contributed by atoms with Gasteiger partial charge in [0.2, 0.25) is 11.5 Å². The Labute approximate surface area is 165 Å². The molecule has 0 radical (unpaired) electrons. The summed E-state index contributed by atoms with van der Waals surface area (Å²) in [5.74, 6) is -1.57. The van der Waals surface area contributed by atoms with Crippen molar-refractivity contribution in [3.63, 3.8) is 0 Å². The fourth-order valence-corrected chi connectivity index (χ4v) is 4.57. The van der Waals surface area contributed by atoms with E-state index in [4.69, 9.17) is 0 Å². The average Bonchev–Trinajstić information content (AvgIpc) is 3.27. The van der Waals surface area contributed by atoms with E-state index in [2.05, 4.69) is 10.3 Å². The van der Waals surface area contributed by atoms with Crippen molar-refractivity contribution in [2.45, 2.75) is 54.0 Å². The minimum atomic E-state index is -5.05. The van der Waals surface area contributed by atoms with Gasteiger partial charge in [0, 0.05) is 35.3 Å². The smallest absolute Gasteiger partial charge is 0.374 e. The molecule has 1 heterocycles. The zero-order valence-corrected chi connectivity index (χ0v) is 16.2. The molecule has 1 unspecified atom stereocenters. The van der Waals surface area contributed by atoms with E-state index >= 15 is 0 Å². The lowest BCUT2D eigenvalue weighted by molar-refractivity contribution is -0.270. The van der Waals surface area contributed by atoms with Crippen LogP contribution in [0.15, 0.2) is 41.6 Å². The summed E-state index contributed by atoms with van der Waals surface area (Å²) in [4.78, 5) is 16.9.